The molecule has 2 aromatic rings. The van der Waals surface area contributed by atoms with Crippen LogP contribution in [0.3, 0.4) is 0 Å². The van der Waals surface area contributed by atoms with Crippen LogP contribution in [0.25, 0.3) is 0 Å². The molecule has 1 heteroatoms. The zero-order valence-electron chi connectivity index (χ0n) is 13.3. The van der Waals surface area contributed by atoms with Gasteiger partial charge in [-0.3, -0.25) is 0 Å². The second-order valence-electron chi connectivity index (χ2n) is 6.58. The Morgan fingerprint density at radius 1 is 0.952 bits per heavy atom. The first-order valence-corrected chi connectivity index (χ1v) is 8.01. The lowest BCUT2D eigenvalue weighted by Gasteiger charge is -2.38. The molecule has 1 nitrogen and oxygen atoms in total. The molecular formula is C20H25N. The molecule has 1 atom stereocenters. The SMILES string of the molecule is Cc1ccc([C@@H](C)NC2CC(c3cccc(C)c3)C2)cc1. The second-order valence-corrected chi connectivity index (χ2v) is 6.58. The summed E-state index contributed by atoms with van der Waals surface area (Å²) < 4.78 is 0. The van der Waals surface area contributed by atoms with E-state index in [0.717, 1.165) is 5.92 Å². The van der Waals surface area contributed by atoms with E-state index in [1.165, 1.54) is 35.1 Å². The van der Waals surface area contributed by atoms with E-state index in [2.05, 4.69) is 74.6 Å². The van der Waals surface area contributed by atoms with Crippen molar-refractivity contribution >= 4 is 0 Å². The van der Waals surface area contributed by atoms with Crippen molar-refractivity contribution in [1.82, 2.24) is 5.32 Å². The van der Waals surface area contributed by atoms with Gasteiger partial charge in [0.2, 0.25) is 0 Å². The van der Waals surface area contributed by atoms with E-state index >= 15 is 0 Å². The van der Waals surface area contributed by atoms with Gasteiger partial charge in [0.25, 0.3) is 0 Å². The van der Waals surface area contributed by atoms with Crippen LogP contribution in [0, 0.1) is 13.8 Å². The molecule has 110 valence electrons. The quantitative estimate of drug-likeness (QED) is 0.839. The Morgan fingerprint density at radius 3 is 2.33 bits per heavy atom. The molecule has 0 heterocycles. The summed E-state index contributed by atoms with van der Waals surface area (Å²) in [5.41, 5.74) is 5.60. The maximum absolute atomic E-state index is 3.77. The zero-order valence-corrected chi connectivity index (χ0v) is 13.3. The van der Waals surface area contributed by atoms with Crippen molar-refractivity contribution in [2.45, 2.75) is 51.6 Å². The number of nitrogens with one attached hydrogen (secondary N) is 1. The number of hydrogen-bond acceptors (Lipinski definition) is 1. The molecule has 1 N–H and O–H groups in total. The largest absolute Gasteiger partial charge is 0.307 e. The summed E-state index contributed by atoms with van der Waals surface area (Å²) in [6.07, 6.45) is 2.53. The summed E-state index contributed by atoms with van der Waals surface area (Å²) in [7, 11) is 0. The number of hydrogen-bond donors (Lipinski definition) is 1. The molecule has 3 rings (SSSR count). The molecule has 0 saturated heterocycles. The van der Waals surface area contributed by atoms with Crippen LogP contribution in [0.2, 0.25) is 0 Å². The molecule has 0 amide bonds. The Balaban J connectivity index is 1.54. The second kappa shape index (κ2) is 6.03. The van der Waals surface area contributed by atoms with Crippen LogP contribution in [0.15, 0.2) is 48.5 Å². The van der Waals surface area contributed by atoms with Crippen LogP contribution in [-0.4, -0.2) is 6.04 Å². The predicted molar refractivity (Wildman–Crippen MR) is 89.7 cm³/mol. The van der Waals surface area contributed by atoms with Gasteiger partial charge in [0, 0.05) is 12.1 Å². The van der Waals surface area contributed by atoms with E-state index in [1.54, 1.807) is 0 Å². The average molecular weight is 279 g/mol. The average Bonchev–Trinajstić information content (AvgIpc) is 2.43. The third kappa shape index (κ3) is 3.36. The molecule has 0 bridgehead atoms. The van der Waals surface area contributed by atoms with Gasteiger partial charge in [-0.05, 0) is 50.7 Å². The first-order chi connectivity index (χ1) is 10.1. The van der Waals surface area contributed by atoms with Gasteiger partial charge >= 0.3 is 0 Å². The van der Waals surface area contributed by atoms with Crippen LogP contribution in [-0.2, 0) is 0 Å². The van der Waals surface area contributed by atoms with Gasteiger partial charge in [-0.15, -0.1) is 0 Å². The minimum absolute atomic E-state index is 0.439. The summed E-state index contributed by atoms with van der Waals surface area (Å²) in [6, 6.07) is 18.9. The predicted octanol–water partition coefficient (Wildman–Crippen LogP) is 4.90. The monoisotopic (exact) mass is 279 g/mol. The molecule has 0 aliphatic heterocycles. The lowest BCUT2D eigenvalue weighted by atomic mass is 9.75. The van der Waals surface area contributed by atoms with E-state index in [4.69, 9.17) is 0 Å². The number of rotatable bonds is 4. The van der Waals surface area contributed by atoms with Crippen molar-refractivity contribution < 1.29 is 0 Å². The smallest absolute Gasteiger partial charge is 0.0294 e. The third-order valence-electron chi connectivity index (χ3n) is 4.71. The van der Waals surface area contributed by atoms with Gasteiger partial charge in [0.05, 0.1) is 0 Å². The van der Waals surface area contributed by atoms with E-state index in [-0.39, 0.29) is 0 Å². The van der Waals surface area contributed by atoms with Gasteiger partial charge in [-0.2, -0.15) is 0 Å². The zero-order chi connectivity index (χ0) is 14.8. The van der Waals surface area contributed by atoms with Crippen molar-refractivity contribution in [2.24, 2.45) is 0 Å². The fourth-order valence-electron chi connectivity index (χ4n) is 3.26. The summed E-state index contributed by atoms with van der Waals surface area (Å²) in [4.78, 5) is 0. The van der Waals surface area contributed by atoms with E-state index in [1.807, 2.05) is 0 Å². The first kappa shape index (κ1) is 14.3. The molecule has 21 heavy (non-hydrogen) atoms. The highest BCUT2D eigenvalue weighted by molar-refractivity contribution is 5.28. The highest BCUT2D eigenvalue weighted by Crippen LogP contribution is 2.38. The van der Waals surface area contributed by atoms with Crippen LogP contribution in [0.1, 0.15) is 54.0 Å². The van der Waals surface area contributed by atoms with Crippen molar-refractivity contribution in [3.05, 3.63) is 70.8 Å². The van der Waals surface area contributed by atoms with Crippen molar-refractivity contribution in [1.29, 1.82) is 0 Å². The molecule has 0 aromatic heterocycles. The summed E-state index contributed by atoms with van der Waals surface area (Å²) in [5, 5.41) is 3.77. The van der Waals surface area contributed by atoms with Gasteiger partial charge in [-0.1, -0.05) is 59.7 Å². The Labute approximate surface area is 128 Å². The van der Waals surface area contributed by atoms with Crippen LogP contribution >= 0.6 is 0 Å². The Bertz CT molecular complexity index is 593. The Kier molecular flexibility index (Phi) is 4.12. The molecule has 1 aliphatic carbocycles. The summed E-state index contributed by atoms with van der Waals surface area (Å²) in [5.74, 6) is 0.743. The van der Waals surface area contributed by atoms with Crippen molar-refractivity contribution in [3.8, 4) is 0 Å². The number of aryl methyl sites for hydroxylation is 2. The molecule has 1 aliphatic rings. The molecule has 0 spiro atoms. The Hall–Kier alpha value is -1.60. The first-order valence-electron chi connectivity index (χ1n) is 8.01. The van der Waals surface area contributed by atoms with Crippen LogP contribution in [0.5, 0.6) is 0 Å². The lowest BCUT2D eigenvalue weighted by Crippen LogP contribution is -2.41. The topological polar surface area (TPSA) is 12.0 Å². The maximum atomic E-state index is 3.77. The van der Waals surface area contributed by atoms with Crippen molar-refractivity contribution in [3.63, 3.8) is 0 Å². The van der Waals surface area contributed by atoms with Crippen LogP contribution < -0.4 is 5.32 Å². The van der Waals surface area contributed by atoms with E-state index in [9.17, 15) is 0 Å². The van der Waals surface area contributed by atoms with Crippen LogP contribution in [0.4, 0.5) is 0 Å². The fourth-order valence-corrected chi connectivity index (χ4v) is 3.26. The summed E-state index contributed by atoms with van der Waals surface area (Å²) in [6.45, 7) is 6.59. The van der Waals surface area contributed by atoms with Crippen molar-refractivity contribution in [2.75, 3.05) is 0 Å². The molecule has 2 aromatic carbocycles. The fraction of sp³-hybridized carbons (Fsp3) is 0.400. The van der Waals surface area contributed by atoms with E-state index in [0.29, 0.717) is 12.1 Å². The van der Waals surface area contributed by atoms with E-state index < -0.39 is 0 Å². The molecule has 0 unspecified atom stereocenters. The lowest BCUT2D eigenvalue weighted by molar-refractivity contribution is 0.271. The standard InChI is InChI=1S/C20H25N/c1-14-7-9-17(10-8-14)16(3)21-20-12-19(13-20)18-6-4-5-15(2)11-18/h4-11,16,19-21H,12-13H2,1-3H3/t16-,19?,20?/m1/s1. The highest BCUT2D eigenvalue weighted by atomic mass is 15.0. The highest BCUT2D eigenvalue weighted by Gasteiger charge is 2.31. The Morgan fingerprint density at radius 2 is 1.67 bits per heavy atom. The van der Waals surface area contributed by atoms with Gasteiger partial charge in [-0.25, -0.2) is 0 Å². The van der Waals surface area contributed by atoms with Gasteiger partial charge in [0.15, 0.2) is 0 Å². The molecule has 1 fully saturated rings. The maximum Gasteiger partial charge on any atom is 0.0294 e. The molecule has 0 radical (unpaired) electrons. The minimum atomic E-state index is 0.439. The third-order valence-corrected chi connectivity index (χ3v) is 4.71. The summed E-state index contributed by atoms with van der Waals surface area (Å²) >= 11 is 0. The normalized spacial score (nSPS) is 22.6. The molecule has 1 saturated carbocycles. The minimum Gasteiger partial charge on any atom is -0.307 e. The van der Waals surface area contributed by atoms with Gasteiger partial charge in [0.1, 0.15) is 0 Å². The number of benzene rings is 2. The molecular weight excluding hydrogens is 254 g/mol. The van der Waals surface area contributed by atoms with Gasteiger partial charge < -0.3 is 5.32 Å².